The monoisotopic (exact) mass is 458 g/mol. The number of furan rings is 1. The maximum atomic E-state index is 12.4. The summed E-state index contributed by atoms with van der Waals surface area (Å²) in [7, 11) is 1.54. The Labute approximate surface area is 192 Å². The van der Waals surface area contributed by atoms with Gasteiger partial charge in [-0.15, -0.1) is 0 Å². The number of amides is 4. The minimum atomic E-state index is -0.640. The smallest absolute Gasteiger partial charge is 0.288 e. The molecule has 0 aliphatic rings. The van der Waals surface area contributed by atoms with Crippen LogP contribution in [0.1, 0.15) is 59.9 Å². The summed E-state index contributed by atoms with van der Waals surface area (Å²) >= 11 is 0. The molecule has 0 radical (unpaired) electrons. The van der Waals surface area contributed by atoms with Crippen molar-refractivity contribution in [2.45, 2.75) is 39.0 Å². The van der Waals surface area contributed by atoms with Gasteiger partial charge in [-0.1, -0.05) is 38.3 Å². The average molecular weight is 459 g/mol. The van der Waals surface area contributed by atoms with Crippen LogP contribution in [0.25, 0.3) is 11.3 Å². The summed E-state index contributed by atoms with van der Waals surface area (Å²) in [6.45, 7) is 1.88. The molecular weight excluding hydrogens is 428 g/mol. The predicted octanol–water partition coefficient (Wildman–Crippen LogP) is 2.20. The third-order valence-electron chi connectivity index (χ3n) is 5.06. The Morgan fingerprint density at radius 3 is 2.52 bits per heavy atom. The summed E-state index contributed by atoms with van der Waals surface area (Å²) in [4.78, 5) is 48.1. The summed E-state index contributed by atoms with van der Waals surface area (Å²) in [6, 6.07) is 9.91. The molecule has 0 aliphatic carbocycles. The van der Waals surface area contributed by atoms with Gasteiger partial charge >= 0.3 is 0 Å². The Balaban J connectivity index is 1.92. The normalized spacial score (nSPS) is 11.4. The molecule has 1 atom stereocenters. The number of nitrogens with one attached hydrogen (secondary N) is 4. The van der Waals surface area contributed by atoms with Gasteiger partial charge in [0.15, 0.2) is 5.76 Å². The molecule has 0 saturated carbocycles. The largest absolute Gasteiger partial charge is 0.451 e. The highest BCUT2D eigenvalue weighted by Crippen LogP contribution is 2.23. The molecular formula is C23H30N4O6. The number of hydrogen-bond acceptors (Lipinski definition) is 6. The molecule has 0 spiro atoms. The van der Waals surface area contributed by atoms with Gasteiger partial charge in [0.1, 0.15) is 5.76 Å². The Bertz CT molecular complexity index is 971. The molecule has 2 aromatic rings. The number of carbonyl (C=O) groups is 4. The third kappa shape index (κ3) is 7.76. The van der Waals surface area contributed by atoms with Crippen molar-refractivity contribution in [3.63, 3.8) is 0 Å². The van der Waals surface area contributed by atoms with Crippen LogP contribution in [0.2, 0.25) is 0 Å². The molecule has 178 valence electrons. The van der Waals surface area contributed by atoms with Crippen molar-refractivity contribution >= 4 is 23.6 Å². The quantitative estimate of drug-likeness (QED) is 0.142. The van der Waals surface area contributed by atoms with Gasteiger partial charge in [0, 0.05) is 30.5 Å². The van der Waals surface area contributed by atoms with E-state index in [4.69, 9.17) is 9.62 Å². The van der Waals surface area contributed by atoms with Gasteiger partial charge in [0.05, 0.1) is 6.67 Å². The van der Waals surface area contributed by atoms with E-state index in [0.29, 0.717) is 23.3 Å². The van der Waals surface area contributed by atoms with Crippen LogP contribution in [0.15, 0.2) is 40.8 Å². The second-order valence-electron chi connectivity index (χ2n) is 7.48. The molecule has 0 bridgehead atoms. The number of hydrogen-bond donors (Lipinski definition) is 5. The van der Waals surface area contributed by atoms with Crippen LogP contribution >= 0.6 is 0 Å². The van der Waals surface area contributed by atoms with Crippen molar-refractivity contribution in [1.82, 2.24) is 21.4 Å². The van der Waals surface area contributed by atoms with Crippen molar-refractivity contribution in [3.05, 3.63) is 47.7 Å². The van der Waals surface area contributed by atoms with Crippen molar-refractivity contribution < 1.29 is 28.8 Å². The van der Waals surface area contributed by atoms with E-state index in [9.17, 15) is 19.2 Å². The van der Waals surface area contributed by atoms with Crippen LogP contribution in [0, 0.1) is 5.92 Å². The van der Waals surface area contributed by atoms with E-state index in [0.717, 1.165) is 19.3 Å². The molecule has 33 heavy (non-hydrogen) atoms. The lowest BCUT2D eigenvalue weighted by molar-refractivity contribution is -0.135. The molecule has 10 nitrogen and oxygen atoms in total. The van der Waals surface area contributed by atoms with E-state index in [1.807, 2.05) is 6.92 Å². The zero-order valence-electron chi connectivity index (χ0n) is 18.8. The van der Waals surface area contributed by atoms with Crippen molar-refractivity contribution in [2.75, 3.05) is 13.7 Å². The van der Waals surface area contributed by atoms with E-state index >= 15 is 0 Å². The van der Waals surface area contributed by atoms with E-state index in [1.54, 1.807) is 35.8 Å². The lowest BCUT2D eigenvalue weighted by atomic mass is 9.96. The van der Waals surface area contributed by atoms with Crippen LogP contribution in [-0.2, 0) is 9.59 Å². The fourth-order valence-electron chi connectivity index (χ4n) is 3.25. The topological polar surface area (TPSA) is 150 Å². The fraction of sp³-hybridized carbons (Fsp3) is 0.391. The van der Waals surface area contributed by atoms with E-state index in [2.05, 4.69) is 16.0 Å². The lowest BCUT2D eigenvalue weighted by Gasteiger charge is -2.16. The maximum absolute atomic E-state index is 12.4. The molecule has 0 aliphatic heterocycles. The summed E-state index contributed by atoms with van der Waals surface area (Å²) in [5, 5.41) is 16.4. The Hall–Kier alpha value is -3.66. The molecule has 0 fully saturated rings. The summed E-state index contributed by atoms with van der Waals surface area (Å²) in [5.41, 5.74) is 2.64. The molecule has 0 unspecified atom stereocenters. The van der Waals surface area contributed by atoms with E-state index in [-0.39, 0.29) is 30.7 Å². The lowest BCUT2D eigenvalue weighted by Crippen LogP contribution is -2.41. The first kappa shape index (κ1) is 25.6. The molecule has 4 amide bonds. The average Bonchev–Trinajstić information content (AvgIpc) is 3.33. The summed E-state index contributed by atoms with van der Waals surface area (Å²) in [5.74, 6) is -1.94. The van der Waals surface area contributed by atoms with Gasteiger partial charge in [0.25, 0.3) is 11.8 Å². The Kier molecular flexibility index (Phi) is 10.1. The Morgan fingerprint density at radius 2 is 1.82 bits per heavy atom. The highest BCUT2D eigenvalue weighted by molar-refractivity contribution is 5.95. The standard InChI is InChI=1S/C23H30N4O6/c1-3-4-5-7-17(13-20(28)27-32)22(30)25-14-26-23(31)19-11-10-18(33-19)15-8-6-9-16(12-15)21(29)24-2/h6,8-12,17,32H,3-5,7,13-14H2,1-2H3,(H,24,29)(H,25,30)(H,26,31)(H,27,28)/t17-/m1/s1. The van der Waals surface area contributed by atoms with E-state index in [1.165, 1.54) is 13.1 Å². The first-order valence-corrected chi connectivity index (χ1v) is 10.8. The van der Waals surface area contributed by atoms with Gasteiger partial charge in [0.2, 0.25) is 11.8 Å². The SMILES string of the molecule is CCCCC[C@H](CC(=O)NO)C(=O)NCNC(=O)c1ccc(-c2cccc(C(=O)NC)c2)o1. The number of carbonyl (C=O) groups excluding carboxylic acids is 4. The zero-order valence-corrected chi connectivity index (χ0v) is 18.8. The minimum absolute atomic E-state index is 0.0451. The highest BCUT2D eigenvalue weighted by Gasteiger charge is 2.21. The van der Waals surface area contributed by atoms with Crippen LogP contribution in [-0.4, -0.2) is 42.6 Å². The summed E-state index contributed by atoms with van der Waals surface area (Å²) in [6.07, 6.45) is 3.02. The van der Waals surface area contributed by atoms with Crippen LogP contribution in [0.4, 0.5) is 0 Å². The van der Waals surface area contributed by atoms with Gasteiger partial charge in [-0.3, -0.25) is 24.4 Å². The molecule has 5 N–H and O–H groups in total. The minimum Gasteiger partial charge on any atom is -0.451 e. The van der Waals surface area contributed by atoms with Gasteiger partial charge in [-0.05, 0) is 30.7 Å². The van der Waals surface area contributed by atoms with Crippen LogP contribution < -0.4 is 21.4 Å². The van der Waals surface area contributed by atoms with E-state index < -0.39 is 17.7 Å². The third-order valence-corrected chi connectivity index (χ3v) is 5.06. The first-order valence-electron chi connectivity index (χ1n) is 10.8. The van der Waals surface area contributed by atoms with Gasteiger partial charge in [-0.25, -0.2) is 5.48 Å². The van der Waals surface area contributed by atoms with Crippen LogP contribution in [0.5, 0.6) is 0 Å². The van der Waals surface area contributed by atoms with Crippen molar-refractivity contribution in [2.24, 2.45) is 5.92 Å². The van der Waals surface area contributed by atoms with Gasteiger partial charge < -0.3 is 20.4 Å². The predicted molar refractivity (Wildman–Crippen MR) is 120 cm³/mol. The summed E-state index contributed by atoms with van der Waals surface area (Å²) < 4.78 is 5.60. The van der Waals surface area contributed by atoms with Crippen molar-refractivity contribution in [1.29, 1.82) is 0 Å². The number of benzene rings is 1. The van der Waals surface area contributed by atoms with Gasteiger partial charge in [-0.2, -0.15) is 0 Å². The second-order valence-corrected chi connectivity index (χ2v) is 7.48. The molecule has 1 heterocycles. The maximum Gasteiger partial charge on any atom is 0.288 e. The number of rotatable bonds is 12. The second kappa shape index (κ2) is 13.0. The zero-order chi connectivity index (χ0) is 24.2. The van der Waals surface area contributed by atoms with Crippen LogP contribution in [0.3, 0.4) is 0 Å². The molecule has 1 aromatic heterocycles. The van der Waals surface area contributed by atoms with Crippen molar-refractivity contribution in [3.8, 4) is 11.3 Å². The molecule has 0 saturated heterocycles. The number of hydroxylamine groups is 1. The molecule has 1 aromatic carbocycles. The molecule has 2 rings (SSSR count). The molecule has 10 heteroatoms. The number of unbranched alkanes of at least 4 members (excludes halogenated alkanes) is 2. The fourth-order valence-corrected chi connectivity index (χ4v) is 3.25. The first-order chi connectivity index (χ1) is 15.9. The highest BCUT2D eigenvalue weighted by atomic mass is 16.5. The Morgan fingerprint density at radius 1 is 1.03 bits per heavy atom.